The zero-order valence-corrected chi connectivity index (χ0v) is 12.8. The molecule has 0 aliphatic heterocycles. The standard InChI is InChI=1S/C14H15N3O3S/c1-4-20-14(19)12-8(2)13(15-9(12)3)11(18)6-5-10-7-21-17-16-10/h5-7,15H,4H2,1-3H3. The normalized spacial score (nSPS) is 11.0. The second-order valence-electron chi connectivity index (χ2n) is 4.37. The molecule has 2 rings (SSSR count). The monoisotopic (exact) mass is 305 g/mol. The molecule has 0 unspecified atom stereocenters. The molecule has 0 radical (unpaired) electrons. The van der Waals surface area contributed by atoms with Gasteiger partial charge in [0, 0.05) is 11.1 Å². The van der Waals surface area contributed by atoms with E-state index in [4.69, 9.17) is 4.74 Å². The summed E-state index contributed by atoms with van der Waals surface area (Å²) >= 11 is 1.21. The van der Waals surface area contributed by atoms with Crippen LogP contribution in [0.3, 0.4) is 0 Å². The topological polar surface area (TPSA) is 84.9 Å². The Morgan fingerprint density at radius 2 is 2.19 bits per heavy atom. The molecule has 2 aromatic rings. The van der Waals surface area contributed by atoms with Gasteiger partial charge >= 0.3 is 5.97 Å². The SMILES string of the molecule is CCOC(=O)c1c(C)[nH]c(C(=O)C=Cc2csnn2)c1C. The third-order valence-corrected chi connectivity index (χ3v) is 3.47. The van der Waals surface area contributed by atoms with Gasteiger partial charge in [-0.05, 0) is 50.0 Å². The van der Waals surface area contributed by atoms with Crippen molar-refractivity contribution >= 4 is 29.4 Å². The van der Waals surface area contributed by atoms with Gasteiger partial charge in [-0.3, -0.25) is 4.79 Å². The quantitative estimate of drug-likeness (QED) is 0.521. The highest BCUT2D eigenvalue weighted by Gasteiger charge is 2.21. The van der Waals surface area contributed by atoms with E-state index in [-0.39, 0.29) is 5.78 Å². The molecule has 0 atom stereocenters. The molecule has 110 valence electrons. The summed E-state index contributed by atoms with van der Waals surface area (Å²) in [6.45, 7) is 5.50. The average molecular weight is 305 g/mol. The zero-order chi connectivity index (χ0) is 15.4. The van der Waals surface area contributed by atoms with E-state index >= 15 is 0 Å². The largest absolute Gasteiger partial charge is 0.462 e. The minimum Gasteiger partial charge on any atom is -0.462 e. The molecule has 0 spiro atoms. The number of aryl methyl sites for hydroxylation is 1. The molecule has 2 heterocycles. The van der Waals surface area contributed by atoms with E-state index in [1.54, 1.807) is 32.2 Å². The molecular weight excluding hydrogens is 290 g/mol. The van der Waals surface area contributed by atoms with Crippen molar-refractivity contribution < 1.29 is 14.3 Å². The van der Waals surface area contributed by atoms with Crippen LogP contribution >= 0.6 is 11.5 Å². The third-order valence-electron chi connectivity index (χ3n) is 2.95. The summed E-state index contributed by atoms with van der Waals surface area (Å²) in [5.41, 5.74) is 2.65. The Morgan fingerprint density at radius 1 is 1.43 bits per heavy atom. The van der Waals surface area contributed by atoms with E-state index in [0.717, 1.165) is 0 Å². The molecule has 0 fully saturated rings. The molecule has 0 amide bonds. The van der Waals surface area contributed by atoms with Gasteiger partial charge < -0.3 is 9.72 Å². The lowest BCUT2D eigenvalue weighted by Gasteiger charge is -2.01. The van der Waals surface area contributed by atoms with Crippen LogP contribution in [0.15, 0.2) is 11.5 Å². The van der Waals surface area contributed by atoms with Gasteiger partial charge in [-0.25, -0.2) is 4.79 Å². The lowest BCUT2D eigenvalue weighted by Crippen LogP contribution is -2.07. The summed E-state index contributed by atoms with van der Waals surface area (Å²) in [5, 5.41) is 5.56. The van der Waals surface area contributed by atoms with Crippen molar-refractivity contribution in [2.75, 3.05) is 6.61 Å². The second kappa shape index (κ2) is 6.45. The van der Waals surface area contributed by atoms with Crippen LogP contribution in [0, 0.1) is 13.8 Å². The number of nitrogens with one attached hydrogen (secondary N) is 1. The summed E-state index contributed by atoms with van der Waals surface area (Å²) < 4.78 is 8.71. The minimum atomic E-state index is -0.421. The van der Waals surface area contributed by atoms with E-state index in [0.29, 0.717) is 34.8 Å². The van der Waals surface area contributed by atoms with Gasteiger partial charge in [0.2, 0.25) is 5.78 Å². The molecule has 0 bridgehead atoms. The Bertz CT molecular complexity index is 687. The molecule has 2 aromatic heterocycles. The van der Waals surface area contributed by atoms with Gasteiger partial charge in [0.25, 0.3) is 0 Å². The number of H-pyrrole nitrogens is 1. The van der Waals surface area contributed by atoms with Crippen LogP contribution < -0.4 is 0 Å². The van der Waals surface area contributed by atoms with Crippen LogP contribution in [0.2, 0.25) is 0 Å². The fraction of sp³-hybridized carbons (Fsp3) is 0.286. The summed E-state index contributed by atoms with van der Waals surface area (Å²) in [5.74, 6) is -0.644. The highest BCUT2D eigenvalue weighted by molar-refractivity contribution is 7.03. The number of aromatic amines is 1. The van der Waals surface area contributed by atoms with Crippen LogP contribution in [0.25, 0.3) is 6.08 Å². The minimum absolute atomic E-state index is 0.223. The number of nitrogens with zero attached hydrogens (tertiary/aromatic N) is 2. The first kappa shape index (κ1) is 15.1. The second-order valence-corrected chi connectivity index (χ2v) is 4.98. The van der Waals surface area contributed by atoms with Crippen molar-refractivity contribution in [3.63, 3.8) is 0 Å². The number of ketones is 1. The highest BCUT2D eigenvalue weighted by atomic mass is 32.1. The summed E-state index contributed by atoms with van der Waals surface area (Å²) in [6, 6.07) is 0. The number of hydrogen-bond donors (Lipinski definition) is 1. The molecule has 6 nitrogen and oxygen atoms in total. The average Bonchev–Trinajstić information content (AvgIpc) is 3.04. The van der Waals surface area contributed by atoms with Crippen molar-refractivity contribution in [2.45, 2.75) is 20.8 Å². The molecule has 1 N–H and O–H groups in total. The maximum Gasteiger partial charge on any atom is 0.340 e. The first-order valence-corrected chi connectivity index (χ1v) is 7.24. The zero-order valence-electron chi connectivity index (χ0n) is 12.0. The Kier molecular flexibility index (Phi) is 4.64. The van der Waals surface area contributed by atoms with Crippen molar-refractivity contribution in [1.82, 2.24) is 14.6 Å². The van der Waals surface area contributed by atoms with Crippen LogP contribution in [0.5, 0.6) is 0 Å². The van der Waals surface area contributed by atoms with Crippen LogP contribution in [-0.2, 0) is 4.74 Å². The van der Waals surface area contributed by atoms with Crippen LogP contribution in [0.4, 0.5) is 0 Å². The molecule has 21 heavy (non-hydrogen) atoms. The molecule has 0 aromatic carbocycles. The predicted octanol–water partition coefficient (Wildman–Crippen LogP) is 2.56. The number of carbonyl (C=O) groups excluding carboxylic acids is 2. The lowest BCUT2D eigenvalue weighted by molar-refractivity contribution is 0.0525. The van der Waals surface area contributed by atoms with Crippen molar-refractivity contribution in [2.24, 2.45) is 0 Å². The first-order valence-electron chi connectivity index (χ1n) is 6.40. The smallest absolute Gasteiger partial charge is 0.340 e. The number of rotatable bonds is 5. The first-order chi connectivity index (χ1) is 10.0. The Hall–Kier alpha value is -2.28. The molecule has 0 aliphatic carbocycles. The Labute approximate surface area is 126 Å². The predicted molar refractivity (Wildman–Crippen MR) is 79.5 cm³/mol. The maximum absolute atomic E-state index is 12.2. The van der Waals surface area contributed by atoms with E-state index in [1.165, 1.54) is 17.6 Å². The maximum atomic E-state index is 12.2. The number of hydrogen-bond acceptors (Lipinski definition) is 6. The summed E-state index contributed by atoms with van der Waals surface area (Å²) in [6.07, 6.45) is 3.00. The number of aromatic nitrogens is 3. The van der Waals surface area contributed by atoms with Gasteiger partial charge in [0.15, 0.2) is 0 Å². The lowest BCUT2D eigenvalue weighted by atomic mass is 10.1. The number of allylic oxidation sites excluding steroid dienone is 1. The molecular formula is C14H15N3O3S. The molecule has 7 heteroatoms. The van der Waals surface area contributed by atoms with E-state index < -0.39 is 5.97 Å². The highest BCUT2D eigenvalue weighted by Crippen LogP contribution is 2.20. The van der Waals surface area contributed by atoms with Gasteiger partial charge in [0.05, 0.1) is 23.6 Å². The fourth-order valence-corrected chi connectivity index (χ4v) is 2.42. The fourth-order valence-electron chi connectivity index (χ4n) is 1.99. The van der Waals surface area contributed by atoms with E-state index in [9.17, 15) is 9.59 Å². The number of ether oxygens (including phenoxy) is 1. The Balaban J connectivity index is 2.26. The van der Waals surface area contributed by atoms with E-state index in [1.807, 2.05) is 0 Å². The van der Waals surface area contributed by atoms with Crippen LogP contribution in [-0.4, -0.2) is 32.9 Å². The van der Waals surface area contributed by atoms with Crippen molar-refractivity contribution in [1.29, 1.82) is 0 Å². The molecule has 0 saturated heterocycles. The van der Waals surface area contributed by atoms with Gasteiger partial charge in [-0.1, -0.05) is 4.49 Å². The molecule has 0 aliphatic rings. The van der Waals surface area contributed by atoms with Gasteiger partial charge in [-0.2, -0.15) is 0 Å². The van der Waals surface area contributed by atoms with E-state index in [2.05, 4.69) is 14.6 Å². The van der Waals surface area contributed by atoms with Gasteiger partial charge in [0.1, 0.15) is 0 Å². The van der Waals surface area contributed by atoms with Crippen molar-refractivity contribution in [3.8, 4) is 0 Å². The number of carbonyl (C=O) groups is 2. The van der Waals surface area contributed by atoms with Gasteiger partial charge in [-0.15, -0.1) is 5.10 Å². The Morgan fingerprint density at radius 3 is 2.81 bits per heavy atom. The van der Waals surface area contributed by atoms with Crippen molar-refractivity contribution in [3.05, 3.63) is 39.7 Å². The van der Waals surface area contributed by atoms with Crippen LogP contribution in [0.1, 0.15) is 44.7 Å². The summed E-state index contributed by atoms with van der Waals surface area (Å²) in [4.78, 5) is 27.0. The number of esters is 1. The third kappa shape index (κ3) is 3.25. The molecule has 0 saturated carbocycles. The summed E-state index contributed by atoms with van der Waals surface area (Å²) in [7, 11) is 0.